The van der Waals surface area contributed by atoms with Crippen molar-refractivity contribution in [2.24, 2.45) is 5.10 Å². The summed E-state index contributed by atoms with van der Waals surface area (Å²) in [5.74, 6) is 0.684. The minimum Gasteiger partial charge on any atom is -0.488 e. The van der Waals surface area contributed by atoms with E-state index < -0.39 is 0 Å². The Morgan fingerprint density at radius 2 is 1.32 bits per heavy atom. The van der Waals surface area contributed by atoms with Crippen molar-refractivity contribution in [3.05, 3.63) is 64.7 Å². The van der Waals surface area contributed by atoms with Crippen molar-refractivity contribution in [2.45, 2.75) is 116 Å². The van der Waals surface area contributed by atoms with Gasteiger partial charge in [0.1, 0.15) is 12.4 Å². The Hall–Kier alpha value is -2.33. The number of benzene rings is 2. The van der Waals surface area contributed by atoms with Gasteiger partial charge in [0.25, 0.3) is 0 Å². The summed E-state index contributed by atoms with van der Waals surface area (Å²) in [6.07, 6.45) is 22.0. The maximum absolute atomic E-state index is 12.1. The number of hydrogen-bond donors (Lipinski definition) is 1. The number of rotatable bonds is 21. The van der Waals surface area contributed by atoms with Crippen molar-refractivity contribution in [3.63, 3.8) is 0 Å². The third kappa shape index (κ3) is 15.5. The van der Waals surface area contributed by atoms with Crippen molar-refractivity contribution in [1.29, 1.82) is 0 Å². The van der Waals surface area contributed by atoms with Gasteiger partial charge in [0.15, 0.2) is 0 Å². The van der Waals surface area contributed by atoms with Crippen LogP contribution in [0.3, 0.4) is 0 Å². The van der Waals surface area contributed by atoms with E-state index in [0.29, 0.717) is 18.1 Å². The van der Waals surface area contributed by atoms with Gasteiger partial charge in [-0.05, 0) is 36.2 Å². The Kier molecular flexibility index (Phi) is 17.3. The molecule has 0 aliphatic heterocycles. The normalized spacial score (nSPS) is 11.2. The quantitative estimate of drug-likeness (QED) is 0.0999. The summed E-state index contributed by atoms with van der Waals surface area (Å²) in [6, 6.07) is 15.2. The first-order chi connectivity index (χ1) is 18.2. The van der Waals surface area contributed by atoms with E-state index in [2.05, 4.69) is 17.5 Å². The zero-order valence-corrected chi connectivity index (χ0v) is 23.6. The molecule has 0 heterocycles. The summed E-state index contributed by atoms with van der Waals surface area (Å²) in [5.41, 5.74) is 4.51. The van der Waals surface area contributed by atoms with Gasteiger partial charge in [0.05, 0.1) is 6.21 Å². The van der Waals surface area contributed by atoms with Gasteiger partial charge in [-0.1, -0.05) is 133 Å². The zero-order valence-electron chi connectivity index (χ0n) is 22.9. The van der Waals surface area contributed by atoms with Crippen LogP contribution in [0.1, 0.15) is 121 Å². The molecular weight excluding hydrogens is 480 g/mol. The lowest BCUT2D eigenvalue weighted by atomic mass is 10.0. The van der Waals surface area contributed by atoms with Crippen molar-refractivity contribution in [2.75, 3.05) is 0 Å². The third-order valence-corrected chi connectivity index (χ3v) is 6.88. The number of carbonyl (C=O) groups is 1. The summed E-state index contributed by atoms with van der Waals surface area (Å²) in [5, 5.41) is 4.84. The second kappa shape index (κ2) is 20.7. The Bertz CT molecular complexity index is 883. The van der Waals surface area contributed by atoms with Crippen molar-refractivity contribution in [3.8, 4) is 5.75 Å². The number of halogens is 1. The molecule has 0 aromatic heterocycles. The number of amides is 1. The molecule has 0 aliphatic carbocycles. The van der Waals surface area contributed by atoms with Crippen molar-refractivity contribution < 1.29 is 9.53 Å². The van der Waals surface area contributed by atoms with Crippen LogP contribution in [0.25, 0.3) is 0 Å². The van der Waals surface area contributed by atoms with Crippen LogP contribution >= 0.6 is 11.6 Å². The molecule has 37 heavy (non-hydrogen) atoms. The molecule has 0 spiro atoms. The van der Waals surface area contributed by atoms with Crippen LogP contribution in [-0.4, -0.2) is 12.1 Å². The molecule has 0 aliphatic rings. The average Bonchev–Trinajstić information content (AvgIpc) is 2.91. The van der Waals surface area contributed by atoms with Gasteiger partial charge in [-0.15, -0.1) is 0 Å². The van der Waals surface area contributed by atoms with Gasteiger partial charge < -0.3 is 4.74 Å². The minimum atomic E-state index is -0.0366. The van der Waals surface area contributed by atoms with Gasteiger partial charge in [0.2, 0.25) is 5.91 Å². The van der Waals surface area contributed by atoms with E-state index in [4.69, 9.17) is 16.3 Å². The molecule has 0 fully saturated rings. The number of carbonyl (C=O) groups excluding carboxylic acids is 1. The Balaban J connectivity index is 1.48. The minimum absolute atomic E-state index is 0.0366. The van der Waals surface area contributed by atoms with Gasteiger partial charge in [-0.25, -0.2) is 5.43 Å². The van der Waals surface area contributed by atoms with Gasteiger partial charge in [0, 0.05) is 17.0 Å². The molecule has 2 aromatic carbocycles. The number of hydrazone groups is 1. The van der Waals surface area contributed by atoms with E-state index in [-0.39, 0.29) is 5.91 Å². The molecule has 2 aromatic rings. The molecule has 5 heteroatoms. The van der Waals surface area contributed by atoms with Crippen LogP contribution in [0.4, 0.5) is 0 Å². The summed E-state index contributed by atoms with van der Waals surface area (Å²) in [6.45, 7) is 2.71. The molecule has 204 valence electrons. The Morgan fingerprint density at radius 1 is 0.784 bits per heavy atom. The number of para-hydroxylation sites is 1. The molecule has 0 radical (unpaired) electrons. The van der Waals surface area contributed by atoms with E-state index in [9.17, 15) is 4.79 Å². The molecule has 1 amide bonds. The maximum atomic E-state index is 12.1. The zero-order chi connectivity index (χ0) is 26.4. The van der Waals surface area contributed by atoms with Crippen molar-refractivity contribution >= 4 is 23.7 Å². The highest BCUT2D eigenvalue weighted by Crippen LogP contribution is 2.19. The molecule has 2 rings (SSSR count). The first kappa shape index (κ1) is 30.9. The predicted molar refractivity (Wildman–Crippen MR) is 158 cm³/mol. The fourth-order valence-electron chi connectivity index (χ4n) is 4.35. The lowest BCUT2D eigenvalue weighted by Gasteiger charge is -2.09. The smallest absolute Gasteiger partial charge is 0.240 e. The second-order valence-corrected chi connectivity index (χ2v) is 10.4. The molecule has 0 atom stereocenters. The van der Waals surface area contributed by atoms with E-state index in [1.165, 1.54) is 83.5 Å². The molecule has 0 saturated carbocycles. The fourth-order valence-corrected chi connectivity index (χ4v) is 4.47. The molecule has 0 unspecified atom stereocenters. The fraction of sp³-hybridized carbons (Fsp3) is 0.562. The van der Waals surface area contributed by atoms with Gasteiger partial charge >= 0.3 is 0 Å². The largest absolute Gasteiger partial charge is 0.488 e. The van der Waals surface area contributed by atoms with Crippen molar-refractivity contribution in [1.82, 2.24) is 5.43 Å². The monoisotopic (exact) mass is 526 g/mol. The topological polar surface area (TPSA) is 50.7 Å². The second-order valence-electron chi connectivity index (χ2n) is 9.95. The Morgan fingerprint density at radius 3 is 1.92 bits per heavy atom. The van der Waals surface area contributed by atoms with E-state index >= 15 is 0 Å². The molecular formula is C32H47ClN2O2. The highest BCUT2D eigenvalue weighted by atomic mass is 35.5. The predicted octanol–water partition coefficient (Wildman–Crippen LogP) is 9.63. The molecule has 4 nitrogen and oxygen atoms in total. The van der Waals surface area contributed by atoms with Crippen LogP contribution in [0.15, 0.2) is 53.6 Å². The van der Waals surface area contributed by atoms with Crippen LogP contribution in [0.5, 0.6) is 5.75 Å². The highest BCUT2D eigenvalue weighted by Gasteiger charge is 2.03. The van der Waals surface area contributed by atoms with E-state index in [1.54, 1.807) is 6.21 Å². The molecule has 0 bridgehead atoms. The highest BCUT2D eigenvalue weighted by molar-refractivity contribution is 6.30. The summed E-state index contributed by atoms with van der Waals surface area (Å²) in [4.78, 5) is 12.1. The average molecular weight is 527 g/mol. The van der Waals surface area contributed by atoms with Crippen LogP contribution < -0.4 is 10.2 Å². The maximum Gasteiger partial charge on any atom is 0.240 e. The van der Waals surface area contributed by atoms with Gasteiger partial charge in [-0.3, -0.25) is 4.79 Å². The summed E-state index contributed by atoms with van der Waals surface area (Å²) in [7, 11) is 0. The lowest BCUT2D eigenvalue weighted by molar-refractivity contribution is -0.121. The first-order valence-electron chi connectivity index (χ1n) is 14.5. The van der Waals surface area contributed by atoms with E-state index in [1.807, 2.05) is 48.5 Å². The third-order valence-electron chi connectivity index (χ3n) is 6.63. The van der Waals surface area contributed by atoms with Gasteiger partial charge in [-0.2, -0.15) is 5.10 Å². The number of nitrogens with one attached hydrogen (secondary N) is 1. The van der Waals surface area contributed by atoms with E-state index in [0.717, 1.165) is 29.7 Å². The number of ether oxygens (including phenoxy) is 1. The van der Waals surface area contributed by atoms with Crippen LogP contribution in [0.2, 0.25) is 5.02 Å². The molecule has 1 N–H and O–H groups in total. The lowest BCUT2D eigenvalue weighted by Crippen LogP contribution is -2.17. The summed E-state index contributed by atoms with van der Waals surface area (Å²) >= 11 is 5.94. The Labute approximate surface area is 230 Å². The summed E-state index contributed by atoms with van der Waals surface area (Å²) < 4.78 is 5.93. The van der Waals surface area contributed by atoms with Crippen LogP contribution in [-0.2, 0) is 11.4 Å². The van der Waals surface area contributed by atoms with Crippen LogP contribution in [0, 0.1) is 0 Å². The first-order valence-corrected chi connectivity index (χ1v) is 14.8. The SMILES string of the molecule is CCCCCCCCCCCCCCCCCC(=O)N/N=C/c1ccccc1OCc1ccc(Cl)cc1. The number of unbranched alkanes of at least 4 members (excludes halogenated alkanes) is 14. The number of nitrogens with zero attached hydrogens (tertiary/aromatic N) is 1. The number of hydrogen-bond acceptors (Lipinski definition) is 3. The molecule has 0 saturated heterocycles. The standard InChI is InChI=1S/C32H47ClN2O2/c1-2-3-4-5-6-7-8-9-10-11-12-13-14-15-16-21-32(36)35-34-26-29-19-17-18-20-31(29)37-27-28-22-24-30(33)25-23-28/h17-20,22-26H,2-16,21,27H2,1H3,(H,35,36)/b34-26+.